The van der Waals surface area contributed by atoms with Crippen LogP contribution in [0.5, 0.6) is 0 Å². The average molecular weight is 283 g/mol. The second-order valence-corrected chi connectivity index (χ2v) is 4.54. The molecule has 0 spiro atoms. The second kappa shape index (κ2) is 6.53. The Bertz CT molecular complexity index is 483. The number of nitrogens with zero attached hydrogens (tertiary/aromatic N) is 1. The quantitative estimate of drug-likeness (QED) is 0.857. The number of carboxylic acid groups (broad SMARTS) is 1. The number of hydrogen-bond acceptors (Lipinski definition) is 5. The van der Waals surface area contributed by atoms with E-state index >= 15 is 0 Å². The Labute approximate surface area is 116 Å². The normalized spacial score (nSPS) is 19.1. The highest BCUT2D eigenvalue weighted by Gasteiger charge is 2.28. The van der Waals surface area contributed by atoms with Gasteiger partial charge in [-0.1, -0.05) is 0 Å². The van der Waals surface area contributed by atoms with Gasteiger partial charge in [-0.25, -0.2) is 0 Å². The van der Waals surface area contributed by atoms with E-state index in [0.717, 1.165) is 0 Å². The van der Waals surface area contributed by atoms with Crippen LogP contribution in [0.3, 0.4) is 0 Å². The highest BCUT2D eigenvalue weighted by Crippen LogP contribution is 2.15. The Kier molecular flexibility index (Phi) is 4.75. The van der Waals surface area contributed by atoms with Crippen molar-refractivity contribution < 1.29 is 28.6 Å². The minimum Gasteiger partial charge on any atom is -0.481 e. The molecule has 7 heteroatoms. The van der Waals surface area contributed by atoms with Crippen LogP contribution in [0, 0.1) is 0 Å². The number of amides is 1. The summed E-state index contributed by atoms with van der Waals surface area (Å²) in [6.07, 6.45) is -0.588. The SMILES string of the molecule is COCc1ccc(C(=O)N2CCOC(CC(=O)O)C2)o1. The standard InChI is InChI=1S/C13H17NO6/c1-18-8-9-2-3-11(20-9)13(17)14-4-5-19-10(7-14)6-12(15)16/h2-3,10H,4-8H2,1H3,(H,15,16). The van der Waals surface area contributed by atoms with Crippen LogP contribution in [0.15, 0.2) is 16.5 Å². The van der Waals surface area contributed by atoms with Crippen molar-refractivity contribution in [2.45, 2.75) is 19.1 Å². The first-order valence-electron chi connectivity index (χ1n) is 6.30. The molecule has 0 radical (unpaired) electrons. The van der Waals surface area contributed by atoms with Gasteiger partial charge in [-0.05, 0) is 12.1 Å². The number of carbonyl (C=O) groups excluding carboxylic acids is 1. The van der Waals surface area contributed by atoms with E-state index in [1.165, 1.54) is 0 Å². The van der Waals surface area contributed by atoms with E-state index in [0.29, 0.717) is 25.5 Å². The van der Waals surface area contributed by atoms with Crippen LogP contribution < -0.4 is 0 Å². The predicted molar refractivity (Wildman–Crippen MR) is 67.3 cm³/mol. The molecule has 7 nitrogen and oxygen atoms in total. The maximum Gasteiger partial charge on any atom is 0.306 e. The molecule has 2 rings (SSSR count). The molecule has 1 aromatic rings. The Hall–Kier alpha value is -1.86. The van der Waals surface area contributed by atoms with Crippen molar-refractivity contribution in [3.05, 3.63) is 23.7 Å². The number of rotatable bonds is 5. The number of furan rings is 1. The second-order valence-electron chi connectivity index (χ2n) is 4.54. The minimum absolute atomic E-state index is 0.114. The summed E-state index contributed by atoms with van der Waals surface area (Å²) in [5.74, 6) is -0.394. The maximum atomic E-state index is 12.2. The van der Waals surface area contributed by atoms with Gasteiger partial charge in [-0.2, -0.15) is 0 Å². The lowest BCUT2D eigenvalue weighted by molar-refractivity contribution is -0.141. The average Bonchev–Trinajstić information content (AvgIpc) is 2.86. The van der Waals surface area contributed by atoms with E-state index in [-0.39, 0.29) is 24.6 Å². The molecule has 2 heterocycles. The molecule has 20 heavy (non-hydrogen) atoms. The fourth-order valence-electron chi connectivity index (χ4n) is 2.09. The number of hydrogen-bond donors (Lipinski definition) is 1. The van der Waals surface area contributed by atoms with E-state index in [1.54, 1.807) is 24.1 Å². The lowest BCUT2D eigenvalue weighted by Crippen LogP contribution is -2.46. The van der Waals surface area contributed by atoms with Gasteiger partial charge in [-0.3, -0.25) is 9.59 Å². The number of methoxy groups -OCH3 is 1. The van der Waals surface area contributed by atoms with Crippen LogP contribution in [0.25, 0.3) is 0 Å². The molecule has 0 aliphatic carbocycles. The molecule has 1 aromatic heterocycles. The fourth-order valence-corrected chi connectivity index (χ4v) is 2.09. The molecule has 0 bridgehead atoms. The van der Waals surface area contributed by atoms with Crippen LogP contribution in [0.4, 0.5) is 0 Å². The minimum atomic E-state index is -0.940. The Balaban J connectivity index is 1.98. The lowest BCUT2D eigenvalue weighted by Gasteiger charge is -2.31. The summed E-state index contributed by atoms with van der Waals surface area (Å²) in [5, 5.41) is 8.75. The van der Waals surface area contributed by atoms with E-state index in [4.69, 9.17) is 19.0 Å². The Morgan fingerprint density at radius 1 is 1.50 bits per heavy atom. The molecule has 0 saturated carbocycles. The number of morpholine rings is 1. The zero-order valence-corrected chi connectivity index (χ0v) is 11.2. The third-order valence-corrected chi connectivity index (χ3v) is 2.99. The zero-order valence-electron chi connectivity index (χ0n) is 11.2. The number of carbonyl (C=O) groups is 2. The van der Waals surface area contributed by atoms with Gasteiger partial charge >= 0.3 is 5.97 Å². The highest BCUT2D eigenvalue weighted by molar-refractivity contribution is 5.91. The third kappa shape index (κ3) is 3.58. The molecule has 0 aromatic carbocycles. The van der Waals surface area contributed by atoms with Crippen molar-refractivity contribution in [1.29, 1.82) is 0 Å². The van der Waals surface area contributed by atoms with Crippen LogP contribution in [-0.4, -0.2) is 54.8 Å². The first kappa shape index (κ1) is 14.5. The number of aliphatic carboxylic acids is 1. The topological polar surface area (TPSA) is 89.2 Å². The smallest absolute Gasteiger partial charge is 0.306 e. The molecular formula is C13H17NO6. The summed E-state index contributed by atoms with van der Waals surface area (Å²) in [6.45, 7) is 1.31. The largest absolute Gasteiger partial charge is 0.481 e. The molecule has 1 N–H and O–H groups in total. The van der Waals surface area contributed by atoms with Crippen LogP contribution >= 0.6 is 0 Å². The lowest BCUT2D eigenvalue weighted by atomic mass is 10.2. The monoisotopic (exact) mass is 283 g/mol. The Morgan fingerprint density at radius 3 is 3.00 bits per heavy atom. The zero-order chi connectivity index (χ0) is 14.5. The summed E-state index contributed by atoms with van der Waals surface area (Å²) in [7, 11) is 1.54. The van der Waals surface area contributed by atoms with E-state index in [2.05, 4.69) is 0 Å². The fraction of sp³-hybridized carbons (Fsp3) is 0.538. The van der Waals surface area contributed by atoms with Gasteiger partial charge in [0, 0.05) is 20.2 Å². The van der Waals surface area contributed by atoms with Crippen LogP contribution in [0.2, 0.25) is 0 Å². The van der Waals surface area contributed by atoms with Crippen molar-refractivity contribution in [2.75, 3.05) is 26.8 Å². The van der Waals surface area contributed by atoms with Gasteiger partial charge in [0.25, 0.3) is 5.91 Å². The van der Waals surface area contributed by atoms with Gasteiger partial charge in [-0.15, -0.1) is 0 Å². The van der Waals surface area contributed by atoms with Crippen LogP contribution in [0.1, 0.15) is 22.7 Å². The van der Waals surface area contributed by atoms with Crippen molar-refractivity contribution in [2.24, 2.45) is 0 Å². The molecular weight excluding hydrogens is 266 g/mol. The van der Waals surface area contributed by atoms with Crippen LogP contribution in [-0.2, 0) is 20.9 Å². The molecule has 1 saturated heterocycles. The van der Waals surface area contributed by atoms with Gasteiger partial charge in [0.1, 0.15) is 12.4 Å². The summed E-state index contributed by atoms with van der Waals surface area (Å²) < 4.78 is 15.6. The first-order chi connectivity index (χ1) is 9.60. The summed E-state index contributed by atoms with van der Waals surface area (Å²) in [5.41, 5.74) is 0. The summed E-state index contributed by atoms with van der Waals surface area (Å²) in [6, 6.07) is 3.28. The first-order valence-corrected chi connectivity index (χ1v) is 6.30. The van der Waals surface area contributed by atoms with Crippen molar-refractivity contribution in [1.82, 2.24) is 4.90 Å². The van der Waals surface area contributed by atoms with E-state index in [9.17, 15) is 9.59 Å². The van der Waals surface area contributed by atoms with Gasteiger partial charge < -0.3 is 23.9 Å². The highest BCUT2D eigenvalue weighted by atomic mass is 16.5. The summed E-state index contributed by atoms with van der Waals surface area (Å²) >= 11 is 0. The molecule has 1 aliphatic heterocycles. The molecule has 1 unspecified atom stereocenters. The van der Waals surface area contributed by atoms with Gasteiger partial charge in [0.2, 0.25) is 0 Å². The summed E-state index contributed by atoms with van der Waals surface area (Å²) in [4.78, 5) is 24.5. The van der Waals surface area contributed by atoms with Crippen molar-refractivity contribution >= 4 is 11.9 Å². The Morgan fingerprint density at radius 2 is 2.30 bits per heavy atom. The molecule has 110 valence electrons. The van der Waals surface area contributed by atoms with E-state index < -0.39 is 12.1 Å². The van der Waals surface area contributed by atoms with Crippen molar-refractivity contribution in [3.8, 4) is 0 Å². The van der Waals surface area contributed by atoms with Gasteiger partial charge in [0.05, 0.1) is 19.1 Å². The van der Waals surface area contributed by atoms with E-state index in [1.807, 2.05) is 0 Å². The predicted octanol–water partition coefficient (Wildman–Crippen LogP) is 0.742. The van der Waals surface area contributed by atoms with Gasteiger partial charge in [0.15, 0.2) is 5.76 Å². The number of carboxylic acids is 1. The molecule has 1 amide bonds. The number of ether oxygens (including phenoxy) is 2. The molecule has 1 fully saturated rings. The molecule has 1 atom stereocenters. The maximum absolute atomic E-state index is 12.2. The third-order valence-electron chi connectivity index (χ3n) is 2.99. The molecule has 1 aliphatic rings. The van der Waals surface area contributed by atoms with Crippen molar-refractivity contribution in [3.63, 3.8) is 0 Å².